The van der Waals surface area contributed by atoms with E-state index in [4.69, 9.17) is 9.15 Å². The van der Waals surface area contributed by atoms with E-state index in [1.54, 1.807) is 44.4 Å². The number of carbonyl (C=O) groups is 1. The zero-order chi connectivity index (χ0) is 16.4. The maximum atomic E-state index is 12.5. The molecule has 0 saturated carbocycles. The first kappa shape index (κ1) is 15.2. The van der Waals surface area contributed by atoms with Crippen molar-refractivity contribution in [2.24, 2.45) is 0 Å². The Labute approximate surface area is 135 Å². The molecule has 6 nitrogen and oxygen atoms in total. The highest BCUT2D eigenvalue weighted by molar-refractivity contribution is 7.13. The average molecular weight is 330 g/mol. The summed E-state index contributed by atoms with van der Waals surface area (Å²) in [4.78, 5) is 25.2. The highest BCUT2D eigenvalue weighted by atomic mass is 32.1. The van der Waals surface area contributed by atoms with Crippen molar-refractivity contribution in [2.45, 2.75) is 13.0 Å². The number of nitrogens with zero attached hydrogens (tertiary/aromatic N) is 2. The van der Waals surface area contributed by atoms with Crippen LogP contribution in [0, 0.1) is 0 Å². The molecule has 0 spiro atoms. The molecule has 0 aliphatic carbocycles. The summed E-state index contributed by atoms with van der Waals surface area (Å²) in [7, 11) is 1.56. The highest BCUT2D eigenvalue weighted by Crippen LogP contribution is 2.22. The SMILES string of the molecule is COc1ccc(C(=O)[C@@H](C)n2nc(-c3cccs3)oc2=O)cc1. The third-order valence-corrected chi connectivity index (χ3v) is 4.28. The molecule has 1 aromatic carbocycles. The number of ether oxygens (including phenoxy) is 1. The lowest BCUT2D eigenvalue weighted by molar-refractivity contribution is 0.0923. The maximum absolute atomic E-state index is 12.5. The smallest absolute Gasteiger partial charge is 0.438 e. The number of hydrogen-bond donors (Lipinski definition) is 0. The molecule has 0 radical (unpaired) electrons. The van der Waals surface area contributed by atoms with E-state index in [0.29, 0.717) is 11.3 Å². The van der Waals surface area contributed by atoms with E-state index in [9.17, 15) is 9.59 Å². The van der Waals surface area contributed by atoms with Gasteiger partial charge in [-0.2, -0.15) is 4.68 Å². The minimum atomic E-state index is -0.756. The Balaban J connectivity index is 1.88. The molecule has 0 fully saturated rings. The summed E-state index contributed by atoms with van der Waals surface area (Å²) in [6, 6.07) is 9.59. The van der Waals surface area contributed by atoms with Gasteiger partial charge in [0.05, 0.1) is 12.0 Å². The van der Waals surface area contributed by atoms with Gasteiger partial charge in [0.25, 0.3) is 5.89 Å². The van der Waals surface area contributed by atoms with Gasteiger partial charge in [0.2, 0.25) is 0 Å². The summed E-state index contributed by atoms with van der Waals surface area (Å²) in [5, 5.41) is 6.00. The first-order valence-electron chi connectivity index (χ1n) is 6.92. The first-order valence-corrected chi connectivity index (χ1v) is 7.80. The van der Waals surface area contributed by atoms with Crippen LogP contribution in [0.4, 0.5) is 0 Å². The summed E-state index contributed by atoms with van der Waals surface area (Å²) in [6.07, 6.45) is 0. The molecule has 0 bridgehead atoms. The molecule has 2 heterocycles. The van der Waals surface area contributed by atoms with Crippen LogP contribution in [0.3, 0.4) is 0 Å². The van der Waals surface area contributed by atoms with Crippen molar-refractivity contribution in [1.82, 2.24) is 9.78 Å². The van der Waals surface area contributed by atoms with Crippen LogP contribution in [0.1, 0.15) is 23.3 Å². The molecule has 3 rings (SSSR count). The fraction of sp³-hybridized carbons (Fsp3) is 0.188. The largest absolute Gasteiger partial charge is 0.497 e. The van der Waals surface area contributed by atoms with Crippen molar-refractivity contribution >= 4 is 17.1 Å². The zero-order valence-corrected chi connectivity index (χ0v) is 13.4. The van der Waals surface area contributed by atoms with E-state index >= 15 is 0 Å². The van der Waals surface area contributed by atoms with Crippen LogP contribution in [0.5, 0.6) is 5.75 Å². The van der Waals surface area contributed by atoms with Crippen molar-refractivity contribution in [3.63, 3.8) is 0 Å². The van der Waals surface area contributed by atoms with Crippen molar-refractivity contribution in [3.05, 3.63) is 57.9 Å². The molecule has 1 atom stereocenters. The number of aromatic nitrogens is 2. The summed E-state index contributed by atoms with van der Waals surface area (Å²) in [5.74, 6) is 0.00992. The lowest BCUT2D eigenvalue weighted by Gasteiger charge is -2.09. The molecule has 0 N–H and O–H groups in total. The van der Waals surface area contributed by atoms with Crippen molar-refractivity contribution in [3.8, 4) is 16.5 Å². The Morgan fingerprint density at radius 1 is 1.30 bits per heavy atom. The fourth-order valence-corrected chi connectivity index (χ4v) is 2.78. The normalized spacial score (nSPS) is 12.1. The van der Waals surface area contributed by atoms with Gasteiger partial charge in [0.1, 0.15) is 11.8 Å². The number of methoxy groups -OCH3 is 1. The number of thiophene rings is 1. The monoisotopic (exact) mass is 330 g/mol. The van der Waals surface area contributed by atoms with E-state index in [-0.39, 0.29) is 11.7 Å². The van der Waals surface area contributed by atoms with Crippen molar-refractivity contribution in [1.29, 1.82) is 0 Å². The molecule has 0 saturated heterocycles. The van der Waals surface area contributed by atoms with E-state index in [1.165, 1.54) is 11.3 Å². The second-order valence-corrected chi connectivity index (χ2v) is 5.81. The zero-order valence-electron chi connectivity index (χ0n) is 12.6. The van der Waals surface area contributed by atoms with E-state index in [1.807, 2.05) is 11.4 Å². The van der Waals surface area contributed by atoms with Crippen LogP contribution >= 0.6 is 11.3 Å². The Morgan fingerprint density at radius 3 is 2.65 bits per heavy atom. The van der Waals surface area contributed by atoms with Gasteiger partial charge in [-0.15, -0.1) is 16.4 Å². The summed E-state index contributed by atoms with van der Waals surface area (Å²) >= 11 is 1.41. The lowest BCUT2D eigenvalue weighted by atomic mass is 10.1. The van der Waals surface area contributed by atoms with Gasteiger partial charge in [-0.3, -0.25) is 4.79 Å². The van der Waals surface area contributed by atoms with Gasteiger partial charge in [0, 0.05) is 5.56 Å². The Hall–Kier alpha value is -2.67. The van der Waals surface area contributed by atoms with Crippen LogP contribution in [-0.2, 0) is 0 Å². The van der Waals surface area contributed by atoms with Crippen molar-refractivity contribution in [2.75, 3.05) is 7.11 Å². The van der Waals surface area contributed by atoms with E-state index < -0.39 is 11.8 Å². The number of ketones is 1. The van der Waals surface area contributed by atoms with Crippen molar-refractivity contribution < 1.29 is 13.9 Å². The maximum Gasteiger partial charge on any atom is 0.438 e. The third kappa shape index (κ3) is 2.95. The van der Waals surface area contributed by atoms with Crippen LogP contribution < -0.4 is 10.5 Å². The van der Waals surface area contributed by atoms with Gasteiger partial charge in [-0.05, 0) is 42.6 Å². The summed E-state index contributed by atoms with van der Waals surface area (Å²) in [5.41, 5.74) is 0.478. The molecule has 0 aliphatic heterocycles. The topological polar surface area (TPSA) is 74.3 Å². The molecule has 7 heteroatoms. The minimum absolute atomic E-state index is 0.221. The summed E-state index contributed by atoms with van der Waals surface area (Å²) < 4.78 is 11.3. The third-order valence-electron chi connectivity index (χ3n) is 3.42. The number of carbonyl (C=O) groups excluding carboxylic acids is 1. The molecular weight excluding hydrogens is 316 g/mol. The Kier molecular flexibility index (Phi) is 4.12. The van der Waals surface area contributed by atoms with Gasteiger partial charge in [0.15, 0.2) is 5.78 Å². The second kappa shape index (κ2) is 6.21. The molecule has 3 aromatic rings. The van der Waals surface area contributed by atoms with E-state index in [0.717, 1.165) is 9.56 Å². The predicted molar refractivity (Wildman–Crippen MR) is 86.1 cm³/mol. The van der Waals surface area contributed by atoms with Gasteiger partial charge in [-0.1, -0.05) is 6.07 Å². The number of Topliss-reactive ketones (excluding diaryl/α,β-unsaturated/α-hetero) is 1. The second-order valence-electron chi connectivity index (χ2n) is 4.86. The molecule has 118 valence electrons. The number of hydrogen-bond acceptors (Lipinski definition) is 6. The van der Waals surface area contributed by atoms with E-state index in [2.05, 4.69) is 5.10 Å². The highest BCUT2D eigenvalue weighted by Gasteiger charge is 2.22. The van der Waals surface area contributed by atoms with Crippen LogP contribution in [0.25, 0.3) is 10.8 Å². The summed E-state index contributed by atoms with van der Waals surface area (Å²) in [6.45, 7) is 1.62. The molecular formula is C16H14N2O4S. The van der Waals surface area contributed by atoms with Crippen LogP contribution in [-0.4, -0.2) is 22.7 Å². The Morgan fingerprint density at radius 2 is 2.04 bits per heavy atom. The Bertz CT molecular complexity index is 862. The lowest BCUT2D eigenvalue weighted by Crippen LogP contribution is -2.26. The molecule has 23 heavy (non-hydrogen) atoms. The van der Waals surface area contributed by atoms with Gasteiger partial charge >= 0.3 is 5.76 Å². The predicted octanol–water partition coefficient (Wildman–Crippen LogP) is 3.02. The number of rotatable bonds is 5. The quantitative estimate of drug-likeness (QED) is 0.672. The minimum Gasteiger partial charge on any atom is -0.497 e. The fourth-order valence-electron chi connectivity index (χ4n) is 2.14. The van der Waals surface area contributed by atoms with Gasteiger partial charge in [-0.25, -0.2) is 4.79 Å². The molecule has 0 amide bonds. The first-order chi connectivity index (χ1) is 11.1. The average Bonchev–Trinajstić information content (AvgIpc) is 3.23. The standard InChI is InChI=1S/C16H14N2O4S/c1-10(14(19)11-5-7-12(21-2)8-6-11)18-16(20)22-15(17-18)13-4-3-9-23-13/h3-10H,1-2H3/t10-/m1/s1. The molecule has 2 aromatic heterocycles. The van der Waals surface area contributed by atoms with Crippen LogP contribution in [0.15, 0.2) is 51.0 Å². The molecule has 0 unspecified atom stereocenters. The number of benzene rings is 1. The molecule has 0 aliphatic rings. The van der Waals surface area contributed by atoms with Crippen LogP contribution in [0.2, 0.25) is 0 Å². The van der Waals surface area contributed by atoms with Gasteiger partial charge < -0.3 is 9.15 Å².